The lowest BCUT2D eigenvalue weighted by molar-refractivity contribution is -0.885. The third-order valence-corrected chi connectivity index (χ3v) is 3.81. The molecule has 1 heterocycles. The van der Waals surface area contributed by atoms with Crippen LogP contribution < -0.4 is 20.9 Å². The number of rotatable bonds is 5. The topological polar surface area (TPSA) is 91.7 Å². The van der Waals surface area contributed by atoms with Crippen LogP contribution in [-0.2, 0) is 14.4 Å². The maximum Gasteiger partial charge on any atom is 0.275 e. The van der Waals surface area contributed by atoms with Gasteiger partial charge in [0.25, 0.3) is 11.8 Å². The largest absolute Gasteiger partial charge is 0.346 e. The van der Waals surface area contributed by atoms with Crippen LogP contribution in [0.3, 0.4) is 0 Å². The van der Waals surface area contributed by atoms with Crippen LogP contribution in [0.1, 0.15) is 11.1 Å². The van der Waals surface area contributed by atoms with Crippen molar-refractivity contribution in [3.8, 4) is 0 Å². The van der Waals surface area contributed by atoms with Gasteiger partial charge in [-0.15, -0.1) is 0 Å². The Morgan fingerprint density at radius 2 is 1.91 bits per heavy atom. The molecule has 2 rings (SSSR count). The van der Waals surface area contributed by atoms with Crippen molar-refractivity contribution in [1.29, 1.82) is 0 Å². The van der Waals surface area contributed by atoms with Crippen LogP contribution in [0.4, 0.5) is 5.69 Å². The zero-order valence-electron chi connectivity index (χ0n) is 13.5. The van der Waals surface area contributed by atoms with Gasteiger partial charge in [0.15, 0.2) is 13.1 Å². The molecule has 0 aliphatic carbocycles. The molecule has 1 aliphatic rings. The van der Waals surface area contributed by atoms with Crippen molar-refractivity contribution >= 4 is 23.4 Å². The normalized spacial score (nSPS) is 17.3. The first-order valence-corrected chi connectivity index (χ1v) is 7.68. The van der Waals surface area contributed by atoms with E-state index in [1.54, 1.807) is 0 Å². The lowest BCUT2D eigenvalue weighted by Crippen LogP contribution is -3.16. The molecule has 1 saturated heterocycles. The molecule has 7 nitrogen and oxygen atoms in total. The molecule has 1 aromatic carbocycles. The van der Waals surface area contributed by atoms with Gasteiger partial charge >= 0.3 is 0 Å². The average Bonchev–Trinajstić information content (AvgIpc) is 2.49. The van der Waals surface area contributed by atoms with Crippen LogP contribution in [0.15, 0.2) is 18.2 Å². The van der Waals surface area contributed by atoms with Crippen molar-refractivity contribution in [3.63, 3.8) is 0 Å². The number of hydrogen-bond acceptors (Lipinski definition) is 3. The molecule has 3 amide bonds. The van der Waals surface area contributed by atoms with Gasteiger partial charge in [-0.05, 0) is 25.0 Å². The van der Waals surface area contributed by atoms with Gasteiger partial charge < -0.3 is 20.9 Å². The van der Waals surface area contributed by atoms with Crippen LogP contribution in [0, 0.1) is 13.8 Å². The van der Waals surface area contributed by atoms with Crippen LogP contribution >= 0.6 is 0 Å². The van der Waals surface area contributed by atoms with E-state index in [1.165, 1.54) is 0 Å². The number of aryl methyl sites for hydroxylation is 2. The van der Waals surface area contributed by atoms with E-state index in [0.29, 0.717) is 19.6 Å². The Morgan fingerprint density at radius 1 is 1.22 bits per heavy atom. The number of carbonyl (C=O) groups excluding carboxylic acids is 3. The number of carbonyl (C=O) groups is 3. The molecule has 1 fully saturated rings. The molecule has 0 spiro atoms. The highest BCUT2D eigenvalue weighted by atomic mass is 16.2. The minimum atomic E-state index is -0.262. The molecule has 0 bridgehead atoms. The Morgan fingerprint density at radius 3 is 2.57 bits per heavy atom. The third kappa shape index (κ3) is 5.07. The average molecular weight is 319 g/mol. The molecule has 0 radical (unpaired) electrons. The van der Waals surface area contributed by atoms with Crippen molar-refractivity contribution in [1.82, 2.24) is 10.6 Å². The van der Waals surface area contributed by atoms with Gasteiger partial charge in [-0.2, -0.15) is 0 Å². The summed E-state index contributed by atoms with van der Waals surface area (Å²) in [7, 11) is 0. The fourth-order valence-corrected chi connectivity index (χ4v) is 2.57. The van der Waals surface area contributed by atoms with E-state index in [2.05, 4.69) is 16.0 Å². The summed E-state index contributed by atoms with van der Waals surface area (Å²) in [5.41, 5.74) is 2.74. The second-order valence-electron chi connectivity index (χ2n) is 5.80. The van der Waals surface area contributed by atoms with Gasteiger partial charge in [-0.3, -0.25) is 14.4 Å². The monoisotopic (exact) mass is 319 g/mol. The Labute approximate surface area is 135 Å². The molecular weight excluding hydrogens is 296 g/mol. The number of nitrogens with one attached hydrogen (secondary N) is 4. The van der Waals surface area contributed by atoms with Crippen LogP contribution in [-0.4, -0.2) is 50.4 Å². The zero-order chi connectivity index (χ0) is 16.8. The molecule has 1 aliphatic heterocycles. The minimum absolute atomic E-state index is 0.0492. The molecular formula is C16H23N4O3+. The first-order chi connectivity index (χ1) is 11.0. The van der Waals surface area contributed by atoms with E-state index < -0.39 is 0 Å². The van der Waals surface area contributed by atoms with Crippen molar-refractivity contribution in [2.45, 2.75) is 13.8 Å². The summed E-state index contributed by atoms with van der Waals surface area (Å²) in [4.78, 5) is 36.0. The Kier molecular flexibility index (Phi) is 5.70. The van der Waals surface area contributed by atoms with Crippen molar-refractivity contribution < 1.29 is 19.3 Å². The number of piperazine rings is 1. The maximum absolute atomic E-state index is 12.0. The van der Waals surface area contributed by atoms with Gasteiger partial charge in [0, 0.05) is 5.69 Å². The number of anilines is 1. The van der Waals surface area contributed by atoms with E-state index >= 15 is 0 Å². The molecule has 4 N–H and O–H groups in total. The second kappa shape index (κ2) is 7.73. The first-order valence-electron chi connectivity index (χ1n) is 7.68. The standard InChI is InChI=1S/C16H22N4O3/c1-11-4-3-5-12(2)16(11)19-13(21)8-18-15(23)10-20-7-6-17-14(22)9-20/h3-5H,6-10H2,1-2H3,(H,17,22)(H,18,23)(H,19,21)/p+1. The van der Waals surface area contributed by atoms with Crippen molar-refractivity contribution in [2.75, 3.05) is 38.0 Å². The summed E-state index contributed by atoms with van der Waals surface area (Å²) in [6.45, 7) is 5.55. The number of para-hydroxylation sites is 1. The van der Waals surface area contributed by atoms with Gasteiger partial charge in [0.2, 0.25) is 5.91 Å². The summed E-state index contributed by atoms with van der Waals surface area (Å²) in [6, 6.07) is 5.78. The number of quaternary nitrogens is 1. The molecule has 1 atom stereocenters. The van der Waals surface area contributed by atoms with Crippen LogP contribution in [0.5, 0.6) is 0 Å². The van der Waals surface area contributed by atoms with E-state index in [4.69, 9.17) is 0 Å². The maximum atomic E-state index is 12.0. The highest BCUT2D eigenvalue weighted by molar-refractivity contribution is 5.95. The SMILES string of the molecule is Cc1cccc(C)c1NC(=O)CNC(=O)C[NH+]1CCNC(=O)C1. The number of benzene rings is 1. The minimum Gasteiger partial charge on any atom is -0.346 e. The van der Waals surface area contributed by atoms with Gasteiger partial charge in [-0.25, -0.2) is 0 Å². The summed E-state index contributed by atoms with van der Waals surface area (Å²) >= 11 is 0. The fourth-order valence-electron chi connectivity index (χ4n) is 2.57. The quantitative estimate of drug-likeness (QED) is 0.525. The number of hydrogen-bond donors (Lipinski definition) is 4. The number of amides is 3. The van der Waals surface area contributed by atoms with Gasteiger partial charge in [0.05, 0.1) is 19.6 Å². The van der Waals surface area contributed by atoms with E-state index in [-0.39, 0.29) is 30.8 Å². The summed E-state index contributed by atoms with van der Waals surface area (Å²) in [5, 5.41) is 8.14. The lowest BCUT2D eigenvalue weighted by Gasteiger charge is -2.22. The summed E-state index contributed by atoms with van der Waals surface area (Å²) in [5.74, 6) is -0.541. The molecule has 1 unspecified atom stereocenters. The Hall–Kier alpha value is -2.41. The third-order valence-electron chi connectivity index (χ3n) is 3.81. The van der Waals surface area contributed by atoms with Crippen LogP contribution in [0.2, 0.25) is 0 Å². The molecule has 124 valence electrons. The lowest BCUT2D eigenvalue weighted by atomic mass is 10.1. The predicted molar refractivity (Wildman–Crippen MR) is 86.1 cm³/mol. The smallest absolute Gasteiger partial charge is 0.275 e. The zero-order valence-corrected chi connectivity index (χ0v) is 13.5. The molecule has 0 aromatic heterocycles. The van der Waals surface area contributed by atoms with E-state index in [0.717, 1.165) is 21.7 Å². The Bertz CT molecular complexity index is 595. The first kappa shape index (κ1) is 17.0. The highest BCUT2D eigenvalue weighted by Gasteiger charge is 2.22. The highest BCUT2D eigenvalue weighted by Crippen LogP contribution is 2.18. The predicted octanol–water partition coefficient (Wildman–Crippen LogP) is -1.63. The Balaban J connectivity index is 1.77. The molecule has 23 heavy (non-hydrogen) atoms. The van der Waals surface area contributed by atoms with Gasteiger partial charge in [-0.1, -0.05) is 18.2 Å². The second-order valence-corrected chi connectivity index (χ2v) is 5.80. The molecule has 7 heteroatoms. The molecule has 0 saturated carbocycles. The summed E-state index contributed by atoms with van der Waals surface area (Å²) in [6.07, 6.45) is 0. The van der Waals surface area contributed by atoms with Crippen molar-refractivity contribution in [3.05, 3.63) is 29.3 Å². The van der Waals surface area contributed by atoms with E-state index in [9.17, 15) is 14.4 Å². The van der Waals surface area contributed by atoms with Crippen molar-refractivity contribution in [2.24, 2.45) is 0 Å². The fraction of sp³-hybridized carbons (Fsp3) is 0.438. The van der Waals surface area contributed by atoms with Crippen LogP contribution in [0.25, 0.3) is 0 Å². The summed E-state index contributed by atoms with van der Waals surface area (Å²) < 4.78 is 0. The molecule has 1 aromatic rings. The van der Waals surface area contributed by atoms with Gasteiger partial charge in [0.1, 0.15) is 0 Å². The van der Waals surface area contributed by atoms with E-state index in [1.807, 2.05) is 32.0 Å².